The average Bonchev–Trinajstić information content (AvgIpc) is 2.61. The van der Waals surface area contributed by atoms with Crippen molar-refractivity contribution in [2.24, 2.45) is 4.99 Å². The molecule has 1 aliphatic heterocycles. The van der Waals surface area contributed by atoms with E-state index in [4.69, 9.17) is 14.3 Å². The van der Waals surface area contributed by atoms with Gasteiger partial charge < -0.3 is 9.47 Å². The van der Waals surface area contributed by atoms with Gasteiger partial charge in [0.2, 0.25) is 5.96 Å². The second kappa shape index (κ2) is 8.16. The number of aryl methyl sites for hydroxylation is 1. The minimum Gasteiger partial charge on any atom is -0.497 e. The molecule has 1 aromatic carbocycles. The number of benzene rings is 1. The average molecular weight is 398 g/mol. The third-order valence-corrected chi connectivity index (χ3v) is 4.28. The molecule has 0 bridgehead atoms. The van der Waals surface area contributed by atoms with Crippen LogP contribution in [-0.4, -0.2) is 49.8 Å². The Hall–Kier alpha value is -2.06. The topological polar surface area (TPSA) is 63.6 Å². The summed E-state index contributed by atoms with van der Waals surface area (Å²) >= 11 is 3.47. The van der Waals surface area contributed by atoms with Crippen LogP contribution in [0, 0.1) is 0 Å². The highest BCUT2D eigenvalue weighted by Crippen LogP contribution is 2.23. The van der Waals surface area contributed by atoms with E-state index in [1.807, 2.05) is 19.1 Å². The van der Waals surface area contributed by atoms with Crippen molar-refractivity contribution in [1.82, 2.24) is 9.96 Å². The predicted molar refractivity (Wildman–Crippen MR) is 93.5 cm³/mol. The number of aliphatic imine (C=N–C) groups is 1. The van der Waals surface area contributed by atoms with Gasteiger partial charge in [0.15, 0.2) is 0 Å². The van der Waals surface area contributed by atoms with Gasteiger partial charge in [-0.1, -0.05) is 22.9 Å². The van der Waals surface area contributed by atoms with Gasteiger partial charge in [0, 0.05) is 11.5 Å². The largest absolute Gasteiger partial charge is 0.497 e. The van der Waals surface area contributed by atoms with E-state index in [0.29, 0.717) is 24.0 Å². The van der Waals surface area contributed by atoms with Crippen molar-refractivity contribution >= 4 is 28.0 Å². The SMILES string of the molecule is CCc1cc(OC(=O)N(C)C2=NC=C(OC)CN2OC)ccc1Br. The van der Waals surface area contributed by atoms with Gasteiger partial charge in [-0.3, -0.25) is 4.84 Å². The molecule has 0 radical (unpaired) electrons. The van der Waals surface area contributed by atoms with E-state index < -0.39 is 6.09 Å². The van der Waals surface area contributed by atoms with Gasteiger partial charge in [-0.25, -0.2) is 19.8 Å². The fraction of sp³-hybridized carbons (Fsp3) is 0.375. The highest BCUT2D eigenvalue weighted by molar-refractivity contribution is 9.10. The maximum absolute atomic E-state index is 12.4. The van der Waals surface area contributed by atoms with E-state index in [2.05, 4.69) is 20.9 Å². The number of carbonyl (C=O) groups excluding carboxylic acids is 1. The third kappa shape index (κ3) is 4.07. The van der Waals surface area contributed by atoms with Crippen LogP contribution in [0.5, 0.6) is 5.75 Å². The second-order valence-corrected chi connectivity index (χ2v) is 5.84. The minimum atomic E-state index is -0.561. The summed E-state index contributed by atoms with van der Waals surface area (Å²) < 4.78 is 11.5. The summed E-state index contributed by atoms with van der Waals surface area (Å²) in [6.07, 6.45) is 1.81. The normalized spacial score (nSPS) is 14.0. The Balaban J connectivity index is 2.14. The Bertz CT molecular complexity index is 675. The molecule has 1 heterocycles. The number of hydrogen-bond acceptors (Lipinski definition) is 6. The van der Waals surface area contributed by atoms with Crippen molar-refractivity contribution in [2.45, 2.75) is 13.3 Å². The molecule has 1 aromatic rings. The number of rotatable bonds is 4. The highest BCUT2D eigenvalue weighted by atomic mass is 79.9. The lowest BCUT2D eigenvalue weighted by Crippen LogP contribution is -2.47. The molecule has 1 aliphatic rings. The molecule has 0 aromatic heterocycles. The molecule has 130 valence electrons. The van der Waals surface area contributed by atoms with E-state index >= 15 is 0 Å². The van der Waals surface area contributed by atoms with Gasteiger partial charge in [0.05, 0.1) is 20.4 Å². The van der Waals surface area contributed by atoms with Gasteiger partial charge in [0.1, 0.15) is 18.1 Å². The first-order valence-corrected chi connectivity index (χ1v) is 8.15. The second-order valence-electron chi connectivity index (χ2n) is 4.98. The Morgan fingerprint density at radius 2 is 2.17 bits per heavy atom. The molecule has 0 saturated heterocycles. The van der Waals surface area contributed by atoms with E-state index in [9.17, 15) is 4.79 Å². The van der Waals surface area contributed by atoms with Crippen LogP contribution in [0.25, 0.3) is 0 Å². The summed E-state index contributed by atoms with van der Waals surface area (Å²) in [6.45, 7) is 2.38. The van der Waals surface area contributed by atoms with Crippen molar-refractivity contribution in [3.05, 3.63) is 40.2 Å². The van der Waals surface area contributed by atoms with E-state index in [0.717, 1.165) is 16.5 Å². The molecule has 0 atom stereocenters. The van der Waals surface area contributed by atoms with Crippen LogP contribution in [0.15, 0.2) is 39.6 Å². The van der Waals surface area contributed by atoms with Crippen LogP contribution < -0.4 is 4.74 Å². The molecular formula is C16H20BrN3O4. The Morgan fingerprint density at radius 1 is 1.42 bits per heavy atom. The number of nitrogens with zero attached hydrogens (tertiary/aromatic N) is 3. The van der Waals surface area contributed by atoms with Gasteiger partial charge in [0.25, 0.3) is 0 Å². The number of guanidine groups is 1. The van der Waals surface area contributed by atoms with Gasteiger partial charge in [-0.15, -0.1) is 0 Å². The minimum absolute atomic E-state index is 0.316. The number of ether oxygens (including phenoxy) is 2. The maximum atomic E-state index is 12.4. The van der Waals surface area contributed by atoms with E-state index in [1.54, 1.807) is 26.4 Å². The lowest BCUT2D eigenvalue weighted by Gasteiger charge is -2.30. The summed E-state index contributed by atoms with van der Waals surface area (Å²) in [5.74, 6) is 1.42. The zero-order valence-corrected chi connectivity index (χ0v) is 15.7. The van der Waals surface area contributed by atoms with Crippen molar-refractivity contribution < 1.29 is 19.1 Å². The monoisotopic (exact) mass is 397 g/mol. The zero-order valence-electron chi connectivity index (χ0n) is 14.1. The fourth-order valence-electron chi connectivity index (χ4n) is 2.10. The molecule has 0 aliphatic carbocycles. The summed E-state index contributed by atoms with van der Waals surface area (Å²) in [4.78, 5) is 23.1. The van der Waals surface area contributed by atoms with Crippen LogP contribution in [0.1, 0.15) is 12.5 Å². The molecule has 0 fully saturated rings. The number of amides is 1. The molecule has 8 heteroatoms. The molecule has 0 saturated carbocycles. The van der Waals surface area contributed by atoms with Crippen LogP contribution in [0.4, 0.5) is 4.79 Å². The summed E-state index contributed by atoms with van der Waals surface area (Å²) in [6, 6.07) is 5.42. The molecule has 0 unspecified atom stereocenters. The predicted octanol–water partition coefficient (Wildman–Crippen LogP) is 3.16. The van der Waals surface area contributed by atoms with E-state index in [1.165, 1.54) is 17.1 Å². The van der Waals surface area contributed by atoms with E-state index in [-0.39, 0.29) is 0 Å². The molecule has 24 heavy (non-hydrogen) atoms. The maximum Gasteiger partial charge on any atom is 0.421 e. The van der Waals surface area contributed by atoms with Crippen molar-refractivity contribution in [3.8, 4) is 5.75 Å². The van der Waals surface area contributed by atoms with Crippen molar-refractivity contribution in [2.75, 3.05) is 27.8 Å². The standard InChI is InChI=1S/C16H20BrN3O4/c1-5-11-8-12(6-7-14(11)17)24-16(21)19(2)15-18-9-13(22-3)10-20(15)23-4/h6-9H,5,10H2,1-4H3. The first-order valence-electron chi connectivity index (χ1n) is 7.36. The van der Waals surface area contributed by atoms with Gasteiger partial charge in [-0.2, -0.15) is 0 Å². The molecule has 0 spiro atoms. The summed E-state index contributed by atoms with van der Waals surface area (Å²) in [5, 5.41) is 1.44. The molecule has 0 N–H and O–H groups in total. The highest BCUT2D eigenvalue weighted by Gasteiger charge is 2.26. The van der Waals surface area contributed by atoms with Crippen LogP contribution in [0.2, 0.25) is 0 Å². The van der Waals surface area contributed by atoms with Crippen LogP contribution in [0.3, 0.4) is 0 Å². The van der Waals surface area contributed by atoms with Crippen molar-refractivity contribution in [1.29, 1.82) is 0 Å². The van der Waals surface area contributed by atoms with Gasteiger partial charge >= 0.3 is 6.09 Å². The third-order valence-electron chi connectivity index (χ3n) is 3.51. The van der Waals surface area contributed by atoms with Gasteiger partial charge in [-0.05, 0) is 30.2 Å². The smallest absolute Gasteiger partial charge is 0.421 e. The first kappa shape index (κ1) is 18.3. The Labute approximate surface area is 149 Å². The lowest BCUT2D eigenvalue weighted by molar-refractivity contribution is -0.0747. The summed E-state index contributed by atoms with van der Waals surface area (Å²) in [7, 11) is 4.62. The van der Waals surface area contributed by atoms with Crippen LogP contribution in [-0.2, 0) is 16.0 Å². The number of carbonyl (C=O) groups is 1. The number of halogens is 1. The van der Waals surface area contributed by atoms with Crippen LogP contribution >= 0.6 is 15.9 Å². The summed E-state index contributed by atoms with van der Waals surface area (Å²) in [5.41, 5.74) is 1.06. The first-order chi connectivity index (χ1) is 11.5. The van der Waals surface area contributed by atoms with Crippen molar-refractivity contribution in [3.63, 3.8) is 0 Å². The number of hydroxylamine groups is 2. The quantitative estimate of drug-likeness (QED) is 0.780. The number of hydrogen-bond donors (Lipinski definition) is 0. The molecule has 7 nitrogen and oxygen atoms in total. The fourth-order valence-corrected chi connectivity index (χ4v) is 2.63. The Kier molecular flexibility index (Phi) is 6.22. The number of methoxy groups -OCH3 is 1. The Morgan fingerprint density at radius 3 is 2.79 bits per heavy atom. The molecule has 1 amide bonds. The molecule has 2 rings (SSSR count). The zero-order chi connectivity index (χ0) is 17.7. The lowest BCUT2D eigenvalue weighted by atomic mass is 10.2. The molecular weight excluding hydrogens is 378 g/mol.